The fraction of sp³-hybridized carbons (Fsp3) is 0.167. The van der Waals surface area contributed by atoms with E-state index in [1.165, 1.54) is 0 Å². The van der Waals surface area contributed by atoms with Crippen molar-refractivity contribution in [3.05, 3.63) is 47.5 Å². The lowest BCUT2D eigenvalue weighted by Gasteiger charge is -2.13. The topological polar surface area (TPSA) is 56.8 Å². The number of hydrogen-bond acceptors (Lipinski definition) is 4. The van der Waals surface area contributed by atoms with Gasteiger partial charge in [-0.15, -0.1) is 0 Å². The molecule has 1 aliphatic heterocycles. The molecule has 2 aromatic carbocycles. The number of amides is 1. The first-order valence-corrected chi connectivity index (χ1v) is 7.10. The van der Waals surface area contributed by atoms with Crippen LogP contribution in [0.15, 0.2) is 36.4 Å². The van der Waals surface area contributed by atoms with Crippen LogP contribution in [-0.2, 0) is 4.79 Å². The molecule has 1 heterocycles. The van der Waals surface area contributed by atoms with Gasteiger partial charge in [0.1, 0.15) is 0 Å². The Bertz CT molecular complexity index is 770. The molecule has 3 rings (SSSR count). The molecule has 0 saturated heterocycles. The van der Waals surface area contributed by atoms with Crippen molar-refractivity contribution >= 4 is 23.2 Å². The fourth-order valence-electron chi connectivity index (χ4n) is 2.63. The van der Waals surface area contributed by atoms with Gasteiger partial charge in [0.15, 0.2) is 11.5 Å². The lowest BCUT2D eigenvalue weighted by molar-refractivity contribution is -0.110. The highest BCUT2D eigenvalue weighted by molar-refractivity contribution is 6.34. The van der Waals surface area contributed by atoms with E-state index in [1.807, 2.05) is 42.5 Å². The number of carbonyl (C=O) groups excluding carboxylic acids is 1. The summed E-state index contributed by atoms with van der Waals surface area (Å²) in [5.74, 6) is 1.49. The monoisotopic (exact) mass is 311 g/mol. The second-order valence-corrected chi connectivity index (χ2v) is 5.02. The van der Waals surface area contributed by atoms with Gasteiger partial charge in [-0.05, 0) is 29.8 Å². The minimum absolute atomic E-state index is 0.125. The number of ether oxygens (including phenoxy) is 3. The molecular formula is C18H17NO4. The Morgan fingerprint density at radius 2 is 1.61 bits per heavy atom. The second kappa shape index (κ2) is 6.04. The van der Waals surface area contributed by atoms with Crippen LogP contribution in [0.1, 0.15) is 11.1 Å². The van der Waals surface area contributed by atoms with E-state index >= 15 is 0 Å². The molecule has 1 aliphatic rings. The summed E-state index contributed by atoms with van der Waals surface area (Å²) >= 11 is 0. The number of para-hydroxylation sites is 1. The summed E-state index contributed by atoms with van der Waals surface area (Å²) in [6, 6.07) is 11.2. The lowest BCUT2D eigenvalue weighted by atomic mass is 10.0. The van der Waals surface area contributed by atoms with E-state index in [-0.39, 0.29) is 5.91 Å². The quantitative estimate of drug-likeness (QED) is 0.881. The summed E-state index contributed by atoms with van der Waals surface area (Å²) in [4.78, 5) is 12.2. The van der Waals surface area contributed by atoms with Gasteiger partial charge in [0.2, 0.25) is 5.75 Å². The van der Waals surface area contributed by atoms with E-state index in [2.05, 4.69) is 5.32 Å². The van der Waals surface area contributed by atoms with Crippen molar-refractivity contribution in [2.45, 2.75) is 0 Å². The maximum absolute atomic E-state index is 12.2. The summed E-state index contributed by atoms with van der Waals surface area (Å²) in [7, 11) is 4.68. The molecule has 0 aliphatic carbocycles. The summed E-state index contributed by atoms with van der Waals surface area (Å²) < 4.78 is 16.0. The fourth-order valence-corrected chi connectivity index (χ4v) is 2.63. The van der Waals surface area contributed by atoms with Gasteiger partial charge in [0.25, 0.3) is 5.91 Å². The standard InChI is InChI=1S/C18H17NO4/c1-21-15-9-11(10-16(22-2)17(15)23-3)8-13-12-6-4-5-7-14(12)19-18(13)20/h4-10H,1-3H3,(H,19,20)/b13-8-. The van der Waals surface area contributed by atoms with Gasteiger partial charge in [-0.25, -0.2) is 0 Å². The van der Waals surface area contributed by atoms with Gasteiger partial charge in [-0.1, -0.05) is 18.2 Å². The Balaban J connectivity index is 2.11. The van der Waals surface area contributed by atoms with Crippen LogP contribution in [0.2, 0.25) is 0 Å². The zero-order valence-corrected chi connectivity index (χ0v) is 13.2. The summed E-state index contributed by atoms with van der Waals surface area (Å²) in [5.41, 5.74) is 3.10. The number of nitrogens with one attached hydrogen (secondary N) is 1. The molecule has 23 heavy (non-hydrogen) atoms. The van der Waals surface area contributed by atoms with E-state index in [0.717, 1.165) is 16.8 Å². The number of fused-ring (bicyclic) bond motifs is 1. The van der Waals surface area contributed by atoms with Crippen molar-refractivity contribution in [2.75, 3.05) is 26.6 Å². The third-order valence-corrected chi connectivity index (χ3v) is 3.71. The molecule has 0 bridgehead atoms. The third kappa shape index (κ3) is 2.61. The molecule has 5 nitrogen and oxygen atoms in total. The second-order valence-electron chi connectivity index (χ2n) is 5.02. The van der Waals surface area contributed by atoms with Crippen molar-refractivity contribution < 1.29 is 19.0 Å². The van der Waals surface area contributed by atoms with Gasteiger partial charge < -0.3 is 19.5 Å². The number of anilines is 1. The first kappa shape index (κ1) is 15.0. The van der Waals surface area contributed by atoms with E-state index in [9.17, 15) is 4.79 Å². The van der Waals surface area contributed by atoms with Crippen molar-refractivity contribution in [1.29, 1.82) is 0 Å². The molecule has 0 fully saturated rings. The minimum Gasteiger partial charge on any atom is -0.493 e. The first-order valence-electron chi connectivity index (χ1n) is 7.10. The molecule has 0 spiro atoms. The van der Waals surface area contributed by atoms with E-state index in [0.29, 0.717) is 22.8 Å². The molecule has 118 valence electrons. The van der Waals surface area contributed by atoms with Gasteiger partial charge >= 0.3 is 0 Å². The molecule has 0 atom stereocenters. The van der Waals surface area contributed by atoms with E-state index < -0.39 is 0 Å². The zero-order valence-electron chi connectivity index (χ0n) is 13.2. The molecule has 5 heteroatoms. The molecule has 2 aromatic rings. The molecule has 0 aromatic heterocycles. The molecule has 0 saturated carbocycles. The number of hydrogen-bond donors (Lipinski definition) is 1. The molecule has 0 unspecified atom stereocenters. The molecule has 1 amide bonds. The maximum Gasteiger partial charge on any atom is 0.256 e. The van der Waals surface area contributed by atoms with Gasteiger partial charge in [0, 0.05) is 16.8 Å². The average molecular weight is 311 g/mol. The highest BCUT2D eigenvalue weighted by atomic mass is 16.5. The Hall–Kier alpha value is -2.95. The summed E-state index contributed by atoms with van der Waals surface area (Å²) in [5, 5.41) is 2.85. The Morgan fingerprint density at radius 1 is 0.957 bits per heavy atom. The van der Waals surface area contributed by atoms with Crippen molar-refractivity contribution in [2.24, 2.45) is 0 Å². The third-order valence-electron chi connectivity index (χ3n) is 3.71. The summed E-state index contributed by atoms with van der Waals surface area (Å²) in [6.07, 6.45) is 1.81. The van der Waals surface area contributed by atoms with Crippen molar-refractivity contribution in [3.63, 3.8) is 0 Å². The minimum atomic E-state index is -0.125. The number of methoxy groups -OCH3 is 3. The van der Waals surface area contributed by atoms with Crippen LogP contribution in [0.5, 0.6) is 17.2 Å². The highest BCUT2D eigenvalue weighted by Gasteiger charge is 2.23. The van der Waals surface area contributed by atoms with Crippen LogP contribution in [0.4, 0.5) is 5.69 Å². The van der Waals surface area contributed by atoms with Crippen LogP contribution in [-0.4, -0.2) is 27.2 Å². The first-order chi connectivity index (χ1) is 11.2. The number of carbonyl (C=O) groups is 1. The predicted molar refractivity (Wildman–Crippen MR) is 89.0 cm³/mol. The van der Waals surface area contributed by atoms with Crippen molar-refractivity contribution in [3.8, 4) is 17.2 Å². The zero-order chi connectivity index (χ0) is 16.4. The average Bonchev–Trinajstić information content (AvgIpc) is 2.89. The lowest BCUT2D eigenvalue weighted by Crippen LogP contribution is -2.03. The van der Waals surface area contributed by atoms with E-state index in [4.69, 9.17) is 14.2 Å². The Morgan fingerprint density at radius 3 is 2.22 bits per heavy atom. The molecule has 0 radical (unpaired) electrons. The van der Waals surface area contributed by atoms with E-state index in [1.54, 1.807) is 21.3 Å². The van der Waals surface area contributed by atoms with Gasteiger partial charge in [-0.2, -0.15) is 0 Å². The molecule has 1 N–H and O–H groups in total. The SMILES string of the molecule is COc1cc(/C=C2\C(=O)Nc3ccccc32)cc(OC)c1OC. The normalized spacial score (nSPS) is 14.4. The van der Waals surface area contributed by atoms with Crippen LogP contribution >= 0.6 is 0 Å². The predicted octanol–water partition coefficient (Wildman–Crippen LogP) is 3.21. The summed E-state index contributed by atoms with van der Waals surface area (Å²) in [6.45, 7) is 0. The van der Waals surface area contributed by atoms with Gasteiger partial charge in [-0.3, -0.25) is 4.79 Å². The van der Waals surface area contributed by atoms with Gasteiger partial charge in [0.05, 0.1) is 21.3 Å². The largest absolute Gasteiger partial charge is 0.493 e. The smallest absolute Gasteiger partial charge is 0.256 e. The number of rotatable bonds is 4. The molecular weight excluding hydrogens is 294 g/mol. The Labute approximate surface area is 134 Å². The van der Waals surface area contributed by atoms with Crippen LogP contribution in [0.25, 0.3) is 11.6 Å². The number of benzene rings is 2. The van der Waals surface area contributed by atoms with Crippen molar-refractivity contribution in [1.82, 2.24) is 0 Å². The van der Waals surface area contributed by atoms with Crippen LogP contribution in [0, 0.1) is 0 Å². The Kier molecular flexibility index (Phi) is 3.93. The van der Waals surface area contributed by atoms with Crippen LogP contribution in [0.3, 0.4) is 0 Å². The van der Waals surface area contributed by atoms with Crippen LogP contribution < -0.4 is 19.5 Å². The maximum atomic E-state index is 12.2. The highest BCUT2D eigenvalue weighted by Crippen LogP contribution is 2.40.